The topological polar surface area (TPSA) is 63.3 Å². The van der Waals surface area contributed by atoms with Gasteiger partial charge in [0.05, 0.1) is 0 Å². The largest absolute Gasteiger partial charge is 0.480 e. The molecule has 4 heteroatoms. The van der Waals surface area contributed by atoms with E-state index in [-0.39, 0.29) is 0 Å². The van der Waals surface area contributed by atoms with Crippen LogP contribution >= 0.6 is 11.8 Å². The van der Waals surface area contributed by atoms with Crippen LogP contribution in [0.3, 0.4) is 0 Å². The van der Waals surface area contributed by atoms with Gasteiger partial charge in [-0.3, -0.25) is 4.79 Å². The molecule has 0 fully saturated rings. The van der Waals surface area contributed by atoms with Crippen LogP contribution in [0.2, 0.25) is 0 Å². The number of hydrogen-bond acceptors (Lipinski definition) is 3. The van der Waals surface area contributed by atoms with Gasteiger partial charge < -0.3 is 10.8 Å². The van der Waals surface area contributed by atoms with Crippen molar-refractivity contribution in [3.05, 3.63) is 0 Å². The van der Waals surface area contributed by atoms with Gasteiger partial charge in [0.25, 0.3) is 0 Å². The van der Waals surface area contributed by atoms with E-state index in [0.717, 1.165) is 12.2 Å². The third-order valence-corrected chi connectivity index (χ3v) is 2.92. The third kappa shape index (κ3) is 8.12. The first-order chi connectivity index (χ1) is 6.18. The number of aliphatic carboxylic acids is 1. The van der Waals surface area contributed by atoms with Gasteiger partial charge in [0.15, 0.2) is 0 Å². The van der Waals surface area contributed by atoms with Gasteiger partial charge in [-0.2, -0.15) is 11.8 Å². The van der Waals surface area contributed by atoms with Crippen molar-refractivity contribution < 1.29 is 9.90 Å². The zero-order chi connectivity index (χ0) is 10.1. The minimum atomic E-state index is -0.890. The van der Waals surface area contributed by atoms with Gasteiger partial charge >= 0.3 is 5.97 Å². The Bertz CT molecular complexity index is 142. The van der Waals surface area contributed by atoms with Gasteiger partial charge in [0, 0.05) is 0 Å². The monoisotopic (exact) mass is 205 g/mol. The van der Waals surface area contributed by atoms with Crippen molar-refractivity contribution in [2.45, 2.75) is 38.6 Å². The SMILES string of the molecule is CCCCSCCCC(N)C(=O)O. The van der Waals surface area contributed by atoms with Crippen LogP contribution in [0.15, 0.2) is 0 Å². The number of carbonyl (C=O) groups is 1. The molecule has 0 aromatic carbocycles. The van der Waals surface area contributed by atoms with Crippen molar-refractivity contribution in [1.82, 2.24) is 0 Å². The normalized spacial score (nSPS) is 12.8. The van der Waals surface area contributed by atoms with Crippen LogP contribution < -0.4 is 5.73 Å². The number of unbranched alkanes of at least 4 members (excludes halogenated alkanes) is 1. The van der Waals surface area contributed by atoms with Crippen molar-refractivity contribution in [3.63, 3.8) is 0 Å². The molecule has 0 aromatic heterocycles. The summed E-state index contributed by atoms with van der Waals surface area (Å²) in [4.78, 5) is 10.3. The Morgan fingerprint density at radius 2 is 2.08 bits per heavy atom. The van der Waals surface area contributed by atoms with E-state index >= 15 is 0 Å². The standard InChI is InChI=1S/C9H19NO2S/c1-2-3-6-13-7-4-5-8(10)9(11)12/h8H,2-7,10H2,1H3,(H,11,12). The molecule has 0 amide bonds. The molecule has 1 atom stereocenters. The first-order valence-corrected chi connectivity index (χ1v) is 5.90. The van der Waals surface area contributed by atoms with Crippen LogP contribution in [0.4, 0.5) is 0 Å². The Kier molecular flexibility index (Phi) is 8.24. The van der Waals surface area contributed by atoms with E-state index in [1.165, 1.54) is 18.6 Å². The van der Waals surface area contributed by atoms with Crippen molar-refractivity contribution in [2.24, 2.45) is 5.73 Å². The second kappa shape index (κ2) is 8.38. The molecular formula is C9H19NO2S. The Labute approximate surface area is 84.1 Å². The van der Waals surface area contributed by atoms with Crippen LogP contribution in [0.25, 0.3) is 0 Å². The summed E-state index contributed by atoms with van der Waals surface area (Å²) in [5.74, 6) is 1.32. The zero-order valence-electron chi connectivity index (χ0n) is 8.16. The highest BCUT2D eigenvalue weighted by Crippen LogP contribution is 2.08. The Morgan fingerprint density at radius 1 is 1.46 bits per heavy atom. The first-order valence-electron chi connectivity index (χ1n) is 4.74. The quantitative estimate of drug-likeness (QED) is 0.592. The summed E-state index contributed by atoms with van der Waals surface area (Å²) in [5, 5.41) is 8.49. The molecule has 0 saturated carbocycles. The molecular weight excluding hydrogens is 186 g/mol. The second-order valence-corrected chi connectivity index (χ2v) is 4.28. The Morgan fingerprint density at radius 3 is 2.62 bits per heavy atom. The molecule has 78 valence electrons. The summed E-state index contributed by atoms with van der Waals surface area (Å²) in [6.45, 7) is 2.17. The van der Waals surface area contributed by atoms with E-state index in [1.54, 1.807) is 0 Å². The average molecular weight is 205 g/mol. The maximum Gasteiger partial charge on any atom is 0.320 e. The lowest BCUT2D eigenvalue weighted by molar-refractivity contribution is -0.138. The van der Waals surface area contributed by atoms with Crippen LogP contribution in [-0.4, -0.2) is 28.6 Å². The van der Waals surface area contributed by atoms with Crippen molar-refractivity contribution >= 4 is 17.7 Å². The van der Waals surface area contributed by atoms with Gasteiger partial charge in [-0.1, -0.05) is 13.3 Å². The summed E-state index contributed by atoms with van der Waals surface area (Å²) < 4.78 is 0. The van der Waals surface area contributed by atoms with E-state index in [9.17, 15) is 4.79 Å². The van der Waals surface area contributed by atoms with Crippen molar-refractivity contribution in [1.29, 1.82) is 0 Å². The molecule has 0 aliphatic rings. The predicted molar refractivity (Wildman–Crippen MR) is 57.1 cm³/mol. The van der Waals surface area contributed by atoms with E-state index in [1.807, 2.05) is 11.8 Å². The number of carboxylic acids is 1. The molecule has 0 aliphatic carbocycles. The molecule has 0 rings (SSSR count). The molecule has 0 radical (unpaired) electrons. The fourth-order valence-electron chi connectivity index (χ4n) is 0.877. The highest BCUT2D eigenvalue weighted by Gasteiger charge is 2.09. The summed E-state index contributed by atoms with van der Waals surface area (Å²) in [5.41, 5.74) is 5.35. The maximum atomic E-state index is 10.3. The lowest BCUT2D eigenvalue weighted by Gasteiger charge is -2.05. The highest BCUT2D eigenvalue weighted by molar-refractivity contribution is 7.99. The Hall–Kier alpha value is -0.220. The molecule has 0 heterocycles. The first kappa shape index (κ1) is 12.8. The van der Waals surface area contributed by atoms with E-state index in [0.29, 0.717) is 6.42 Å². The van der Waals surface area contributed by atoms with Crippen LogP contribution in [0.1, 0.15) is 32.6 Å². The van der Waals surface area contributed by atoms with Crippen molar-refractivity contribution in [2.75, 3.05) is 11.5 Å². The van der Waals surface area contributed by atoms with Crippen LogP contribution in [0, 0.1) is 0 Å². The molecule has 0 spiro atoms. The van der Waals surface area contributed by atoms with Gasteiger partial charge in [-0.05, 0) is 30.8 Å². The molecule has 0 bridgehead atoms. The number of hydrogen-bond donors (Lipinski definition) is 2. The second-order valence-electron chi connectivity index (χ2n) is 3.05. The van der Waals surface area contributed by atoms with Gasteiger partial charge in [0.2, 0.25) is 0 Å². The van der Waals surface area contributed by atoms with E-state index < -0.39 is 12.0 Å². The predicted octanol–water partition coefficient (Wildman–Crippen LogP) is 1.71. The highest BCUT2D eigenvalue weighted by atomic mass is 32.2. The summed E-state index contributed by atoms with van der Waals surface area (Å²) >= 11 is 1.88. The van der Waals surface area contributed by atoms with E-state index in [2.05, 4.69) is 6.92 Å². The Balaban J connectivity index is 3.11. The van der Waals surface area contributed by atoms with Gasteiger partial charge in [0.1, 0.15) is 6.04 Å². The lowest BCUT2D eigenvalue weighted by atomic mass is 10.2. The molecule has 0 saturated heterocycles. The summed E-state index contributed by atoms with van der Waals surface area (Å²) in [6.07, 6.45) is 3.97. The van der Waals surface area contributed by atoms with Crippen molar-refractivity contribution in [3.8, 4) is 0 Å². The minimum Gasteiger partial charge on any atom is -0.480 e. The van der Waals surface area contributed by atoms with Gasteiger partial charge in [-0.25, -0.2) is 0 Å². The summed E-state index contributed by atoms with van der Waals surface area (Å²) in [6, 6.07) is -0.674. The fraction of sp³-hybridized carbons (Fsp3) is 0.889. The third-order valence-electron chi connectivity index (χ3n) is 1.76. The molecule has 3 nitrogen and oxygen atoms in total. The van der Waals surface area contributed by atoms with E-state index in [4.69, 9.17) is 10.8 Å². The van der Waals surface area contributed by atoms with Crippen LogP contribution in [0.5, 0.6) is 0 Å². The fourth-order valence-corrected chi connectivity index (χ4v) is 1.94. The molecule has 3 N–H and O–H groups in total. The average Bonchev–Trinajstić information content (AvgIpc) is 2.10. The van der Waals surface area contributed by atoms with Crippen LogP contribution in [-0.2, 0) is 4.79 Å². The lowest BCUT2D eigenvalue weighted by Crippen LogP contribution is -2.29. The number of carboxylic acid groups (broad SMARTS) is 1. The molecule has 13 heavy (non-hydrogen) atoms. The molecule has 1 unspecified atom stereocenters. The molecule has 0 aliphatic heterocycles. The summed E-state index contributed by atoms with van der Waals surface area (Å²) in [7, 11) is 0. The zero-order valence-corrected chi connectivity index (χ0v) is 8.98. The number of thioether (sulfide) groups is 1. The number of rotatable bonds is 8. The number of nitrogens with two attached hydrogens (primary N) is 1. The molecule has 0 aromatic rings. The minimum absolute atomic E-state index is 0.592. The van der Waals surface area contributed by atoms with Gasteiger partial charge in [-0.15, -0.1) is 0 Å². The maximum absolute atomic E-state index is 10.3. The smallest absolute Gasteiger partial charge is 0.320 e.